The molecule has 1 saturated carbocycles. The highest BCUT2D eigenvalue weighted by Crippen LogP contribution is 2.28. The summed E-state index contributed by atoms with van der Waals surface area (Å²) in [6.45, 7) is 1.85. The first-order valence-corrected chi connectivity index (χ1v) is 9.06. The summed E-state index contributed by atoms with van der Waals surface area (Å²) in [5.41, 5.74) is 0.139. The fourth-order valence-electron chi connectivity index (χ4n) is 3.76. The Bertz CT molecular complexity index is 636. The largest absolute Gasteiger partial charge is 0.339 e. The summed E-state index contributed by atoms with van der Waals surface area (Å²) >= 11 is 0. The van der Waals surface area contributed by atoms with E-state index in [1.807, 2.05) is 4.90 Å². The zero-order valence-electron chi connectivity index (χ0n) is 14.3. The number of rotatable bonds is 4. The van der Waals surface area contributed by atoms with Crippen molar-refractivity contribution in [1.29, 1.82) is 0 Å². The average Bonchev–Trinajstić information content (AvgIpc) is 3.15. The Morgan fingerprint density at radius 1 is 0.960 bits per heavy atom. The van der Waals surface area contributed by atoms with Gasteiger partial charge in [-0.1, -0.05) is 25.7 Å². The van der Waals surface area contributed by atoms with Crippen LogP contribution in [-0.2, 0) is 4.79 Å². The summed E-state index contributed by atoms with van der Waals surface area (Å²) in [5, 5.41) is 0. The van der Waals surface area contributed by atoms with Gasteiger partial charge in [-0.05, 0) is 30.5 Å². The molecule has 1 aliphatic carbocycles. The van der Waals surface area contributed by atoms with Crippen molar-refractivity contribution in [1.82, 2.24) is 9.80 Å². The van der Waals surface area contributed by atoms with Gasteiger partial charge < -0.3 is 9.80 Å². The summed E-state index contributed by atoms with van der Waals surface area (Å²) in [6, 6.07) is 3.18. The van der Waals surface area contributed by atoms with Gasteiger partial charge in [-0.2, -0.15) is 0 Å². The number of amides is 2. The van der Waals surface area contributed by atoms with Gasteiger partial charge in [0.15, 0.2) is 11.6 Å². The molecule has 2 aliphatic rings. The van der Waals surface area contributed by atoms with Gasteiger partial charge in [0.05, 0.1) is 0 Å². The van der Waals surface area contributed by atoms with E-state index in [0.29, 0.717) is 38.5 Å². The van der Waals surface area contributed by atoms with E-state index in [-0.39, 0.29) is 17.4 Å². The van der Waals surface area contributed by atoms with Crippen LogP contribution in [0.4, 0.5) is 8.78 Å². The third-order valence-corrected chi connectivity index (χ3v) is 5.33. The molecule has 1 aliphatic heterocycles. The van der Waals surface area contributed by atoms with Gasteiger partial charge in [0.1, 0.15) is 0 Å². The molecule has 0 unspecified atom stereocenters. The van der Waals surface area contributed by atoms with Gasteiger partial charge in [0, 0.05) is 38.2 Å². The molecule has 136 valence electrons. The van der Waals surface area contributed by atoms with E-state index < -0.39 is 11.6 Å². The summed E-state index contributed by atoms with van der Waals surface area (Å²) in [7, 11) is 0. The van der Waals surface area contributed by atoms with Crippen LogP contribution in [0.25, 0.3) is 0 Å². The quantitative estimate of drug-likeness (QED) is 0.837. The topological polar surface area (TPSA) is 40.6 Å². The number of piperazine rings is 1. The molecular weight excluding hydrogens is 326 g/mol. The summed E-state index contributed by atoms with van der Waals surface area (Å²) < 4.78 is 26.3. The Balaban J connectivity index is 1.48. The molecular formula is C19H24F2N2O2. The highest BCUT2D eigenvalue weighted by atomic mass is 19.2. The van der Waals surface area contributed by atoms with Gasteiger partial charge in [-0.3, -0.25) is 9.59 Å². The summed E-state index contributed by atoms with van der Waals surface area (Å²) in [4.78, 5) is 28.1. The minimum Gasteiger partial charge on any atom is -0.339 e. The van der Waals surface area contributed by atoms with Crippen molar-refractivity contribution in [2.45, 2.75) is 38.5 Å². The van der Waals surface area contributed by atoms with E-state index >= 15 is 0 Å². The van der Waals surface area contributed by atoms with E-state index in [1.165, 1.54) is 31.7 Å². The zero-order valence-corrected chi connectivity index (χ0v) is 14.3. The third kappa shape index (κ3) is 4.35. The monoisotopic (exact) mass is 350 g/mol. The van der Waals surface area contributed by atoms with Gasteiger partial charge in [-0.25, -0.2) is 8.78 Å². The maximum atomic E-state index is 13.3. The second-order valence-electron chi connectivity index (χ2n) is 6.99. The number of hydrogen-bond donors (Lipinski definition) is 0. The molecule has 1 saturated heterocycles. The SMILES string of the molecule is O=C(CCC1CCCC1)N1CCN(C(=O)c2ccc(F)c(F)c2)CC1. The zero-order chi connectivity index (χ0) is 17.8. The van der Waals surface area contributed by atoms with Gasteiger partial charge in [-0.15, -0.1) is 0 Å². The smallest absolute Gasteiger partial charge is 0.254 e. The average molecular weight is 350 g/mol. The summed E-state index contributed by atoms with van der Waals surface area (Å²) in [6.07, 6.45) is 6.59. The van der Waals surface area contributed by atoms with Gasteiger partial charge >= 0.3 is 0 Å². The second-order valence-corrected chi connectivity index (χ2v) is 6.99. The van der Waals surface area contributed by atoms with Crippen LogP contribution in [0.3, 0.4) is 0 Å². The Morgan fingerprint density at radius 2 is 1.60 bits per heavy atom. The second kappa shape index (κ2) is 7.93. The molecule has 1 aromatic carbocycles. The van der Waals surface area contributed by atoms with Crippen LogP contribution < -0.4 is 0 Å². The number of hydrogen-bond acceptors (Lipinski definition) is 2. The first-order chi connectivity index (χ1) is 12.0. The minimum absolute atomic E-state index is 0.139. The molecule has 0 spiro atoms. The fraction of sp³-hybridized carbons (Fsp3) is 0.579. The Labute approximate surface area is 146 Å². The molecule has 0 bridgehead atoms. The first kappa shape index (κ1) is 17.8. The predicted octanol–water partition coefficient (Wildman–Crippen LogP) is 3.22. The molecule has 6 heteroatoms. The maximum absolute atomic E-state index is 13.3. The lowest BCUT2D eigenvalue weighted by molar-refractivity contribution is -0.133. The van der Waals surface area contributed by atoms with Crippen molar-refractivity contribution < 1.29 is 18.4 Å². The Kier molecular flexibility index (Phi) is 5.66. The van der Waals surface area contributed by atoms with E-state index in [0.717, 1.165) is 18.6 Å². The first-order valence-electron chi connectivity index (χ1n) is 9.06. The molecule has 0 aromatic heterocycles. The van der Waals surface area contributed by atoms with Crippen LogP contribution in [0.5, 0.6) is 0 Å². The molecule has 2 amide bonds. The molecule has 0 radical (unpaired) electrons. The van der Waals surface area contributed by atoms with Gasteiger partial charge in [0.25, 0.3) is 5.91 Å². The molecule has 0 atom stereocenters. The van der Waals surface area contributed by atoms with Crippen molar-refractivity contribution in [3.63, 3.8) is 0 Å². The van der Waals surface area contributed by atoms with Gasteiger partial charge in [0.2, 0.25) is 5.91 Å². The number of carbonyl (C=O) groups is 2. The molecule has 25 heavy (non-hydrogen) atoms. The van der Waals surface area contributed by atoms with Crippen LogP contribution in [0.2, 0.25) is 0 Å². The lowest BCUT2D eigenvalue weighted by Gasteiger charge is -2.35. The number of benzene rings is 1. The van der Waals surface area contributed by atoms with E-state index in [1.54, 1.807) is 4.90 Å². The highest BCUT2D eigenvalue weighted by molar-refractivity contribution is 5.94. The van der Waals surface area contributed by atoms with Crippen LogP contribution in [0.15, 0.2) is 18.2 Å². The number of halogens is 2. The minimum atomic E-state index is -1.02. The number of nitrogens with zero attached hydrogens (tertiary/aromatic N) is 2. The third-order valence-electron chi connectivity index (χ3n) is 5.33. The Hall–Kier alpha value is -1.98. The van der Waals surface area contributed by atoms with E-state index in [9.17, 15) is 18.4 Å². The normalized spacial score (nSPS) is 18.6. The van der Waals surface area contributed by atoms with E-state index in [4.69, 9.17) is 0 Å². The molecule has 4 nitrogen and oxygen atoms in total. The van der Waals surface area contributed by atoms with Crippen LogP contribution >= 0.6 is 0 Å². The maximum Gasteiger partial charge on any atom is 0.254 e. The van der Waals surface area contributed by atoms with Crippen LogP contribution in [0.1, 0.15) is 48.9 Å². The standard InChI is InChI=1S/C19H24F2N2O2/c20-16-7-6-15(13-17(16)21)19(25)23-11-9-22(10-12-23)18(24)8-5-14-3-1-2-4-14/h6-7,13-14H,1-5,8-12H2. The van der Waals surface area contributed by atoms with Crippen molar-refractivity contribution >= 4 is 11.8 Å². The highest BCUT2D eigenvalue weighted by Gasteiger charge is 2.26. The molecule has 1 aromatic rings. The van der Waals surface area contributed by atoms with E-state index in [2.05, 4.69) is 0 Å². The fourth-order valence-corrected chi connectivity index (χ4v) is 3.76. The lowest BCUT2D eigenvalue weighted by Crippen LogP contribution is -2.50. The lowest BCUT2D eigenvalue weighted by atomic mass is 10.0. The van der Waals surface area contributed by atoms with Crippen LogP contribution in [-0.4, -0.2) is 47.8 Å². The summed E-state index contributed by atoms with van der Waals surface area (Å²) in [5.74, 6) is -1.45. The van der Waals surface area contributed by atoms with Crippen molar-refractivity contribution in [3.8, 4) is 0 Å². The Morgan fingerprint density at radius 3 is 2.24 bits per heavy atom. The molecule has 1 heterocycles. The predicted molar refractivity (Wildman–Crippen MR) is 90.0 cm³/mol. The van der Waals surface area contributed by atoms with Crippen LogP contribution in [0, 0.1) is 17.6 Å². The molecule has 3 rings (SSSR count). The number of carbonyl (C=O) groups excluding carboxylic acids is 2. The van der Waals surface area contributed by atoms with Crippen molar-refractivity contribution in [3.05, 3.63) is 35.4 Å². The molecule has 2 fully saturated rings. The molecule has 0 N–H and O–H groups in total. The van der Waals surface area contributed by atoms with Crippen molar-refractivity contribution in [2.75, 3.05) is 26.2 Å². The van der Waals surface area contributed by atoms with Crippen molar-refractivity contribution in [2.24, 2.45) is 5.92 Å².